The Kier molecular flexibility index (Phi) is 12.4. The lowest BCUT2D eigenvalue weighted by Gasteiger charge is -2.35. The number of rotatable bonds is 9. The summed E-state index contributed by atoms with van der Waals surface area (Å²) in [5.41, 5.74) is 1.16. The van der Waals surface area contributed by atoms with Gasteiger partial charge in [-0.05, 0) is 51.6 Å². The molecule has 0 saturated carbocycles. The minimum Gasteiger partial charge on any atom is -0.497 e. The van der Waals surface area contributed by atoms with Gasteiger partial charge >= 0.3 is 0 Å². The smallest absolute Gasteiger partial charge is 0.191 e. The highest BCUT2D eigenvalue weighted by Gasteiger charge is 2.21. The first kappa shape index (κ1) is 27.8. The van der Waals surface area contributed by atoms with Crippen LogP contribution >= 0.6 is 24.0 Å². The molecule has 2 fully saturated rings. The van der Waals surface area contributed by atoms with Gasteiger partial charge in [0.2, 0.25) is 0 Å². The molecule has 1 aromatic carbocycles. The molecule has 1 atom stereocenters. The van der Waals surface area contributed by atoms with E-state index in [0.717, 1.165) is 68.7 Å². The van der Waals surface area contributed by atoms with Crippen LogP contribution in [0.2, 0.25) is 0 Å². The average Bonchev–Trinajstić information content (AvgIpc) is 2.83. The van der Waals surface area contributed by atoms with E-state index in [1.807, 2.05) is 6.07 Å². The van der Waals surface area contributed by atoms with E-state index < -0.39 is 0 Å². The summed E-state index contributed by atoms with van der Waals surface area (Å²) >= 11 is 0. The molecule has 1 aromatic rings. The van der Waals surface area contributed by atoms with E-state index in [0.29, 0.717) is 12.0 Å². The van der Waals surface area contributed by atoms with Gasteiger partial charge in [-0.2, -0.15) is 0 Å². The van der Waals surface area contributed by atoms with Crippen LogP contribution in [0.15, 0.2) is 23.2 Å². The van der Waals surface area contributed by atoms with Gasteiger partial charge in [-0.25, -0.2) is 0 Å². The Morgan fingerprint density at radius 3 is 2.24 bits per heavy atom. The van der Waals surface area contributed by atoms with Crippen LogP contribution in [0.25, 0.3) is 0 Å². The molecule has 0 spiro atoms. The van der Waals surface area contributed by atoms with Gasteiger partial charge in [-0.3, -0.25) is 4.99 Å². The van der Waals surface area contributed by atoms with E-state index in [1.165, 1.54) is 32.4 Å². The first-order valence-corrected chi connectivity index (χ1v) is 12.4. The number of guanidine groups is 1. The number of hydrogen-bond donors (Lipinski definition) is 2. The molecular weight excluding hydrogens is 529 g/mol. The number of hydrogen-bond acceptors (Lipinski definition) is 5. The van der Waals surface area contributed by atoms with Crippen molar-refractivity contribution in [3.63, 3.8) is 0 Å². The standard InChI is InChI=1S/C25H43N5O2.HI/c1-5-26-25(27-18-20(2)19-29-11-7-6-8-12-29)28-21-9-13-30(14-10-21)22-15-23(31-3)17-24(16-22)32-4;/h15-17,20-21H,5-14,18-19H2,1-4H3,(H2,26,27,28);1H. The van der Waals surface area contributed by atoms with Gasteiger partial charge in [0.15, 0.2) is 5.96 Å². The van der Waals surface area contributed by atoms with Crippen LogP contribution in [-0.2, 0) is 0 Å². The lowest BCUT2D eigenvalue weighted by molar-refractivity contribution is 0.203. The number of ether oxygens (including phenoxy) is 2. The Hall–Kier alpha value is -1.42. The van der Waals surface area contributed by atoms with Crippen LogP contribution in [0.4, 0.5) is 5.69 Å². The summed E-state index contributed by atoms with van der Waals surface area (Å²) in [5.74, 6) is 3.20. The van der Waals surface area contributed by atoms with Gasteiger partial charge in [-0.15, -0.1) is 24.0 Å². The SMILES string of the molecule is CCNC(=NCC(C)CN1CCCCC1)NC1CCN(c2cc(OC)cc(OC)c2)CC1.I. The number of piperidine rings is 2. The summed E-state index contributed by atoms with van der Waals surface area (Å²) in [4.78, 5) is 9.93. The van der Waals surface area contributed by atoms with Crippen molar-refractivity contribution < 1.29 is 9.47 Å². The third-order valence-corrected chi connectivity index (χ3v) is 6.46. The quantitative estimate of drug-likeness (QED) is 0.265. The molecule has 2 aliphatic heterocycles. The molecule has 0 amide bonds. The lowest BCUT2D eigenvalue weighted by Crippen LogP contribution is -2.49. The first-order valence-electron chi connectivity index (χ1n) is 12.4. The van der Waals surface area contributed by atoms with Crippen LogP contribution in [0.5, 0.6) is 11.5 Å². The second kappa shape index (κ2) is 14.8. The van der Waals surface area contributed by atoms with Crippen molar-refractivity contribution in [1.29, 1.82) is 0 Å². The fourth-order valence-corrected chi connectivity index (χ4v) is 4.66. The Morgan fingerprint density at radius 1 is 1.03 bits per heavy atom. The maximum Gasteiger partial charge on any atom is 0.191 e. The molecule has 2 saturated heterocycles. The number of aliphatic imine (C=N–C) groups is 1. The Balaban J connectivity index is 0.00000385. The minimum atomic E-state index is 0. The maximum absolute atomic E-state index is 5.44. The second-order valence-corrected chi connectivity index (χ2v) is 9.16. The summed E-state index contributed by atoms with van der Waals surface area (Å²) in [6.07, 6.45) is 6.24. The van der Waals surface area contributed by atoms with E-state index in [4.69, 9.17) is 14.5 Å². The Morgan fingerprint density at radius 2 is 1.67 bits per heavy atom. The van der Waals surface area contributed by atoms with Gasteiger partial charge < -0.3 is 29.9 Å². The zero-order valence-corrected chi connectivity index (χ0v) is 23.3. The molecule has 3 rings (SSSR count). The Bertz CT molecular complexity index is 696. The van der Waals surface area contributed by atoms with Gasteiger partial charge in [0.25, 0.3) is 0 Å². The molecule has 2 aliphatic rings. The number of methoxy groups -OCH3 is 2. The minimum absolute atomic E-state index is 0. The summed E-state index contributed by atoms with van der Waals surface area (Å²) < 4.78 is 10.9. The average molecular weight is 574 g/mol. The molecule has 0 aromatic heterocycles. The molecule has 0 radical (unpaired) electrons. The zero-order valence-electron chi connectivity index (χ0n) is 20.9. The fraction of sp³-hybridized carbons (Fsp3) is 0.720. The lowest BCUT2D eigenvalue weighted by atomic mass is 10.0. The monoisotopic (exact) mass is 573 g/mol. The van der Waals surface area contributed by atoms with E-state index in [2.05, 4.69) is 46.4 Å². The molecule has 0 aliphatic carbocycles. The number of likely N-dealkylation sites (tertiary alicyclic amines) is 1. The molecule has 1 unspecified atom stereocenters. The van der Waals surface area contributed by atoms with E-state index in [1.54, 1.807) is 14.2 Å². The van der Waals surface area contributed by atoms with Crippen molar-refractivity contribution in [2.75, 3.05) is 64.9 Å². The van der Waals surface area contributed by atoms with Crippen LogP contribution in [0.1, 0.15) is 46.0 Å². The highest BCUT2D eigenvalue weighted by atomic mass is 127. The van der Waals surface area contributed by atoms with Crippen LogP contribution in [-0.4, -0.2) is 76.9 Å². The zero-order chi connectivity index (χ0) is 22.8. The van der Waals surface area contributed by atoms with E-state index in [9.17, 15) is 0 Å². The van der Waals surface area contributed by atoms with E-state index >= 15 is 0 Å². The predicted octanol–water partition coefficient (Wildman–Crippen LogP) is 3.97. The molecular formula is C25H44IN5O2. The number of nitrogens with zero attached hydrogens (tertiary/aromatic N) is 3. The van der Waals surface area contributed by atoms with Crippen molar-refractivity contribution in [3.8, 4) is 11.5 Å². The molecule has 8 heteroatoms. The topological polar surface area (TPSA) is 61.4 Å². The van der Waals surface area contributed by atoms with Crippen molar-refractivity contribution in [3.05, 3.63) is 18.2 Å². The second-order valence-electron chi connectivity index (χ2n) is 9.16. The maximum atomic E-state index is 5.44. The molecule has 2 N–H and O–H groups in total. The molecule has 33 heavy (non-hydrogen) atoms. The van der Waals surface area contributed by atoms with Crippen molar-refractivity contribution in [2.45, 2.75) is 52.0 Å². The number of nitrogens with one attached hydrogen (secondary N) is 2. The summed E-state index contributed by atoms with van der Waals surface area (Å²) in [6, 6.07) is 6.54. The first-order chi connectivity index (χ1) is 15.6. The molecule has 0 bridgehead atoms. The third kappa shape index (κ3) is 9.03. The number of halogens is 1. The third-order valence-electron chi connectivity index (χ3n) is 6.46. The predicted molar refractivity (Wildman–Crippen MR) is 149 cm³/mol. The van der Waals surface area contributed by atoms with Gasteiger partial charge in [-0.1, -0.05) is 13.3 Å². The van der Waals surface area contributed by atoms with Crippen LogP contribution in [0.3, 0.4) is 0 Å². The summed E-state index contributed by atoms with van der Waals surface area (Å²) in [5, 5.41) is 7.12. The number of benzene rings is 1. The van der Waals surface area contributed by atoms with Gasteiger partial charge in [0.1, 0.15) is 11.5 Å². The normalized spacial score (nSPS) is 18.9. The van der Waals surface area contributed by atoms with Crippen molar-refractivity contribution >= 4 is 35.6 Å². The van der Waals surface area contributed by atoms with Crippen molar-refractivity contribution in [1.82, 2.24) is 15.5 Å². The largest absolute Gasteiger partial charge is 0.497 e. The summed E-state index contributed by atoms with van der Waals surface area (Å²) in [6.45, 7) is 11.9. The molecule has 188 valence electrons. The molecule has 7 nitrogen and oxygen atoms in total. The van der Waals surface area contributed by atoms with Crippen LogP contribution in [0, 0.1) is 5.92 Å². The van der Waals surface area contributed by atoms with E-state index in [-0.39, 0.29) is 24.0 Å². The fourth-order valence-electron chi connectivity index (χ4n) is 4.66. The van der Waals surface area contributed by atoms with Crippen molar-refractivity contribution in [2.24, 2.45) is 10.9 Å². The van der Waals surface area contributed by atoms with Gasteiger partial charge in [0, 0.05) is 62.7 Å². The number of anilines is 1. The van der Waals surface area contributed by atoms with Gasteiger partial charge in [0.05, 0.1) is 14.2 Å². The summed E-state index contributed by atoms with van der Waals surface area (Å²) in [7, 11) is 3.40. The van der Waals surface area contributed by atoms with Crippen LogP contribution < -0.4 is 25.0 Å². The molecule has 2 heterocycles. The highest BCUT2D eigenvalue weighted by molar-refractivity contribution is 14.0. The highest BCUT2D eigenvalue weighted by Crippen LogP contribution is 2.30. The Labute approximate surface area is 217 Å².